The first kappa shape index (κ1) is 19.2. The van der Waals surface area contributed by atoms with Crippen molar-refractivity contribution in [1.82, 2.24) is 0 Å². The van der Waals surface area contributed by atoms with Crippen LogP contribution in [0.25, 0.3) is 0 Å². The maximum absolute atomic E-state index is 11.2. The van der Waals surface area contributed by atoms with Crippen LogP contribution >= 0.6 is 0 Å². The lowest BCUT2D eigenvalue weighted by Gasteiger charge is -2.10. The monoisotopic (exact) mass is 359 g/mol. The van der Waals surface area contributed by atoms with E-state index < -0.39 is 9.85 Å². The minimum Gasteiger partial charge on any atom is -0.494 e. The zero-order chi connectivity index (χ0) is 18.9. The van der Waals surface area contributed by atoms with E-state index in [0.29, 0.717) is 18.0 Å². The number of nitro benzene ring substituents is 2. The van der Waals surface area contributed by atoms with Crippen LogP contribution in [0.15, 0.2) is 42.5 Å². The first-order valence-electron chi connectivity index (χ1n) is 8.44. The molecule has 138 valence electrons. The summed E-state index contributed by atoms with van der Waals surface area (Å²) in [6.07, 6.45) is 4.42. The summed E-state index contributed by atoms with van der Waals surface area (Å²) in [6, 6.07) is 10.6. The number of benzene rings is 2. The van der Waals surface area contributed by atoms with E-state index in [-0.39, 0.29) is 17.1 Å². The highest BCUT2D eigenvalue weighted by molar-refractivity contribution is 5.72. The van der Waals surface area contributed by atoms with Gasteiger partial charge in [0.05, 0.1) is 22.5 Å². The van der Waals surface area contributed by atoms with E-state index in [4.69, 9.17) is 4.74 Å². The SMILES string of the molecule is CCCCCCOc1cccc(Nc2ccc([N+](=O)[O-])cc2[N+](=O)[O-])c1. The summed E-state index contributed by atoms with van der Waals surface area (Å²) in [4.78, 5) is 20.7. The van der Waals surface area contributed by atoms with Gasteiger partial charge in [-0.3, -0.25) is 20.2 Å². The molecule has 0 heterocycles. The van der Waals surface area contributed by atoms with Crippen molar-refractivity contribution in [1.29, 1.82) is 0 Å². The van der Waals surface area contributed by atoms with Gasteiger partial charge in [-0.05, 0) is 24.6 Å². The smallest absolute Gasteiger partial charge is 0.299 e. The molecule has 0 bridgehead atoms. The number of hydrogen-bond donors (Lipinski definition) is 1. The summed E-state index contributed by atoms with van der Waals surface area (Å²) >= 11 is 0. The second kappa shape index (κ2) is 9.36. The third kappa shape index (κ3) is 5.44. The predicted molar refractivity (Wildman–Crippen MR) is 99.1 cm³/mol. The molecule has 0 fully saturated rings. The van der Waals surface area contributed by atoms with Crippen molar-refractivity contribution >= 4 is 22.7 Å². The van der Waals surface area contributed by atoms with Crippen LogP contribution in [-0.4, -0.2) is 16.5 Å². The van der Waals surface area contributed by atoms with Gasteiger partial charge in [-0.25, -0.2) is 0 Å². The molecule has 0 spiro atoms. The molecule has 0 aliphatic heterocycles. The minimum absolute atomic E-state index is 0.181. The molecular formula is C18H21N3O5. The molecule has 0 radical (unpaired) electrons. The summed E-state index contributed by atoms with van der Waals surface area (Å²) in [6.45, 7) is 2.76. The molecule has 26 heavy (non-hydrogen) atoms. The topological polar surface area (TPSA) is 108 Å². The minimum atomic E-state index is -0.663. The van der Waals surface area contributed by atoms with Crippen molar-refractivity contribution in [2.75, 3.05) is 11.9 Å². The quantitative estimate of drug-likeness (QED) is 0.354. The Balaban J connectivity index is 2.09. The highest BCUT2D eigenvalue weighted by atomic mass is 16.6. The Morgan fingerprint density at radius 3 is 2.50 bits per heavy atom. The van der Waals surface area contributed by atoms with Crippen molar-refractivity contribution < 1.29 is 14.6 Å². The molecule has 0 atom stereocenters. The van der Waals surface area contributed by atoms with Gasteiger partial charge in [0, 0.05) is 17.8 Å². The molecule has 0 saturated carbocycles. The normalized spacial score (nSPS) is 10.3. The Morgan fingerprint density at radius 2 is 1.81 bits per heavy atom. The molecule has 8 nitrogen and oxygen atoms in total. The van der Waals surface area contributed by atoms with Crippen LogP contribution in [0.5, 0.6) is 5.75 Å². The highest BCUT2D eigenvalue weighted by Crippen LogP contribution is 2.32. The van der Waals surface area contributed by atoms with E-state index in [1.807, 2.05) is 6.07 Å². The molecule has 8 heteroatoms. The van der Waals surface area contributed by atoms with Gasteiger partial charge >= 0.3 is 0 Å². The maximum Gasteiger partial charge on any atom is 0.299 e. The zero-order valence-electron chi connectivity index (χ0n) is 14.5. The van der Waals surface area contributed by atoms with Crippen molar-refractivity contribution in [3.05, 3.63) is 62.7 Å². The van der Waals surface area contributed by atoms with Crippen LogP contribution in [-0.2, 0) is 0 Å². The lowest BCUT2D eigenvalue weighted by Crippen LogP contribution is -2.00. The van der Waals surface area contributed by atoms with Crippen molar-refractivity contribution in [2.24, 2.45) is 0 Å². The molecule has 0 aliphatic carbocycles. The third-order valence-electron chi connectivity index (χ3n) is 3.77. The van der Waals surface area contributed by atoms with E-state index in [1.165, 1.54) is 18.6 Å². The zero-order valence-corrected chi connectivity index (χ0v) is 14.5. The molecule has 1 N–H and O–H groups in total. The fourth-order valence-electron chi connectivity index (χ4n) is 2.43. The summed E-state index contributed by atoms with van der Waals surface area (Å²) in [5, 5.41) is 24.9. The average Bonchev–Trinajstić information content (AvgIpc) is 2.62. The van der Waals surface area contributed by atoms with Crippen molar-refractivity contribution in [3.8, 4) is 5.75 Å². The number of anilines is 2. The Labute approximate surface area is 151 Å². The van der Waals surface area contributed by atoms with Crippen LogP contribution in [0, 0.1) is 20.2 Å². The molecule has 2 rings (SSSR count). The number of ether oxygens (including phenoxy) is 1. The van der Waals surface area contributed by atoms with Gasteiger partial charge in [-0.15, -0.1) is 0 Å². The van der Waals surface area contributed by atoms with Crippen LogP contribution in [0.1, 0.15) is 32.6 Å². The van der Waals surface area contributed by atoms with Gasteiger partial charge in [0.25, 0.3) is 11.4 Å². The van der Waals surface area contributed by atoms with Crippen LogP contribution in [0.3, 0.4) is 0 Å². The van der Waals surface area contributed by atoms with Crippen LogP contribution in [0.4, 0.5) is 22.7 Å². The number of nitrogens with one attached hydrogen (secondary N) is 1. The second-order valence-corrected chi connectivity index (χ2v) is 5.78. The number of nitro groups is 2. The van der Waals surface area contributed by atoms with Gasteiger partial charge in [0.2, 0.25) is 0 Å². The maximum atomic E-state index is 11.2. The van der Waals surface area contributed by atoms with Gasteiger partial charge in [0.1, 0.15) is 11.4 Å². The fraction of sp³-hybridized carbons (Fsp3) is 0.333. The Morgan fingerprint density at radius 1 is 1.00 bits per heavy atom. The number of nitrogens with zero attached hydrogens (tertiary/aromatic N) is 2. The molecular weight excluding hydrogens is 338 g/mol. The number of rotatable bonds is 10. The molecule has 0 saturated heterocycles. The second-order valence-electron chi connectivity index (χ2n) is 5.78. The van der Waals surface area contributed by atoms with Gasteiger partial charge < -0.3 is 10.1 Å². The summed E-state index contributed by atoms with van der Waals surface area (Å²) in [5.74, 6) is 0.663. The molecule has 2 aromatic carbocycles. The largest absolute Gasteiger partial charge is 0.494 e. The molecule has 2 aromatic rings. The van der Waals surface area contributed by atoms with E-state index in [9.17, 15) is 20.2 Å². The first-order chi connectivity index (χ1) is 12.5. The number of non-ortho nitro benzene ring substituents is 1. The lowest BCUT2D eigenvalue weighted by atomic mass is 10.2. The molecule has 0 aliphatic rings. The molecule has 0 aromatic heterocycles. The lowest BCUT2D eigenvalue weighted by molar-refractivity contribution is -0.393. The van der Waals surface area contributed by atoms with Crippen LogP contribution in [0.2, 0.25) is 0 Å². The summed E-state index contributed by atoms with van der Waals surface area (Å²) in [5.41, 5.74) is 0.102. The molecule has 0 unspecified atom stereocenters. The Bertz CT molecular complexity index is 779. The van der Waals surface area contributed by atoms with E-state index in [1.54, 1.807) is 18.2 Å². The Kier molecular flexibility index (Phi) is 6.90. The predicted octanol–water partition coefficient (Wildman–Crippen LogP) is 5.21. The van der Waals surface area contributed by atoms with Gasteiger partial charge in [-0.1, -0.05) is 32.3 Å². The van der Waals surface area contributed by atoms with Crippen LogP contribution < -0.4 is 10.1 Å². The van der Waals surface area contributed by atoms with E-state index in [2.05, 4.69) is 12.2 Å². The van der Waals surface area contributed by atoms with Crippen molar-refractivity contribution in [3.63, 3.8) is 0 Å². The van der Waals surface area contributed by atoms with Gasteiger partial charge in [0.15, 0.2) is 0 Å². The Hall–Kier alpha value is -3.16. The first-order valence-corrected chi connectivity index (χ1v) is 8.44. The van der Waals surface area contributed by atoms with E-state index in [0.717, 1.165) is 25.3 Å². The van der Waals surface area contributed by atoms with E-state index >= 15 is 0 Å². The van der Waals surface area contributed by atoms with Crippen molar-refractivity contribution in [2.45, 2.75) is 32.6 Å². The fourth-order valence-corrected chi connectivity index (χ4v) is 2.43. The average molecular weight is 359 g/mol. The highest BCUT2D eigenvalue weighted by Gasteiger charge is 2.19. The van der Waals surface area contributed by atoms with Gasteiger partial charge in [-0.2, -0.15) is 0 Å². The molecule has 0 amide bonds. The summed E-state index contributed by atoms with van der Waals surface area (Å²) < 4.78 is 5.70. The number of hydrogen-bond acceptors (Lipinski definition) is 6. The third-order valence-corrected chi connectivity index (χ3v) is 3.77. The number of unbranched alkanes of at least 4 members (excludes halogenated alkanes) is 3. The standard InChI is InChI=1S/C18H21N3O5/c1-2-3-4-5-11-26-16-8-6-7-14(12-16)19-17-10-9-15(20(22)23)13-18(17)21(24)25/h6-10,12-13,19H,2-5,11H2,1H3. The summed E-state index contributed by atoms with van der Waals surface area (Å²) in [7, 11) is 0.